The molecular formula is C26H24N2O3. The zero-order chi connectivity index (χ0) is 21.5. The Kier molecular flexibility index (Phi) is 6.43. The van der Waals surface area contributed by atoms with Gasteiger partial charge >= 0.3 is 0 Å². The van der Waals surface area contributed by atoms with Crippen LogP contribution < -0.4 is 14.2 Å². The van der Waals surface area contributed by atoms with Gasteiger partial charge in [-0.2, -0.15) is 0 Å². The van der Waals surface area contributed by atoms with Crippen LogP contribution in [-0.2, 0) is 6.42 Å². The van der Waals surface area contributed by atoms with E-state index in [1.807, 2.05) is 79.3 Å². The van der Waals surface area contributed by atoms with Crippen LogP contribution in [0.5, 0.6) is 23.1 Å². The van der Waals surface area contributed by atoms with Crippen molar-refractivity contribution in [2.75, 3.05) is 14.2 Å². The molecule has 1 unspecified atom stereocenters. The van der Waals surface area contributed by atoms with Crippen molar-refractivity contribution in [2.24, 2.45) is 0 Å². The van der Waals surface area contributed by atoms with E-state index in [0.717, 1.165) is 23.3 Å². The third kappa shape index (κ3) is 5.01. The normalized spacial score (nSPS) is 11.5. The zero-order valence-electron chi connectivity index (χ0n) is 17.6. The van der Waals surface area contributed by atoms with Crippen molar-refractivity contribution < 1.29 is 14.2 Å². The van der Waals surface area contributed by atoms with Crippen LogP contribution >= 0.6 is 0 Å². The Balaban J connectivity index is 1.65. The molecule has 5 heteroatoms. The lowest BCUT2D eigenvalue weighted by Gasteiger charge is -2.20. The summed E-state index contributed by atoms with van der Waals surface area (Å²) in [5, 5.41) is 0. The van der Waals surface area contributed by atoms with Gasteiger partial charge in [-0.15, -0.1) is 0 Å². The van der Waals surface area contributed by atoms with Crippen LogP contribution in [0.1, 0.15) is 22.6 Å². The van der Waals surface area contributed by atoms with Crippen LogP contribution in [0.15, 0.2) is 91.4 Å². The third-order valence-electron chi connectivity index (χ3n) is 5.13. The molecule has 0 amide bonds. The molecule has 0 radical (unpaired) electrons. The highest BCUT2D eigenvalue weighted by Gasteiger charge is 2.18. The Morgan fingerprint density at radius 3 is 2.19 bits per heavy atom. The lowest BCUT2D eigenvalue weighted by molar-refractivity contribution is 0.354. The largest absolute Gasteiger partial charge is 0.493 e. The number of benzene rings is 2. The fourth-order valence-corrected chi connectivity index (χ4v) is 3.52. The van der Waals surface area contributed by atoms with E-state index in [4.69, 9.17) is 14.2 Å². The molecule has 2 heterocycles. The van der Waals surface area contributed by atoms with Crippen molar-refractivity contribution in [1.29, 1.82) is 0 Å². The number of aromatic nitrogens is 2. The Morgan fingerprint density at radius 1 is 0.774 bits per heavy atom. The van der Waals surface area contributed by atoms with Crippen LogP contribution in [0.3, 0.4) is 0 Å². The lowest BCUT2D eigenvalue weighted by Crippen LogP contribution is -2.07. The molecule has 0 N–H and O–H groups in total. The summed E-state index contributed by atoms with van der Waals surface area (Å²) in [6.45, 7) is 0. The fraction of sp³-hybridized carbons (Fsp3) is 0.154. The van der Waals surface area contributed by atoms with E-state index >= 15 is 0 Å². The number of hydrogen-bond donors (Lipinski definition) is 0. The Labute approximate surface area is 182 Å². The maximum Gasteiger partial charge on any atom is 0.219 e. The van der Waals surface area contributed by atoms with Crippen molar-refractivity contribution in [3.05, 3.63) is 108 Å². The first-order valence-electron chi connectivity index (χ1n) is 10.1. The predicted octanol–water partition coefficient (Wildman–Crippen LogP) is 5.66. The van der Waals surface area contributed by atoms with E-state index in [0.29, 0.717) is 17.4 Å². The molecule has 0 saturated carbocycles. The van der Waals surface area contributed by atoms with Gasteiger partial charge < -0.3 is 14.2 Å². The molecule has 4 aromatic rings. The van der Waals surface area contributed by atoms with E-state index in [2.05, 4.69) is 22.1 Å². The second-order valence-corrected chi connectivity index (χ2v) is 7.07. The van der Waals surface area contributed by atoms with Crippen LogP contribution in [0.25, 0.3) is 0 Å². The van der Waals surface area contributed by atoms with Crippen molar-refractivity contribution in [3.63, 3.8) is 0 Å². The molecule has 31 heavy (non-hydrogen) atoms. The van der Waals surface area contributed by atoms with Crippen LogP contribution in [-0.4, -0.2) is 24.2 Å². The van der Waals surface area contributed by atoms with Gasteiger partial charge in [0, 0.05) is 30.6 Å². The van der Waals surface area contributed by atoms with E-state index in [9.17, 15) is 0 Å². The summed E-state index contributed by atoms with van der Waals surface area (Å²) in [7, 11) is 3.29. The highest BCUT2D eigenvalue weighted by molar-refractivity contribution is 5.46. The summed E-state index contributed by atoms with van der Waals surface area (Å²) >= 11 is 0. The smallest absolute Gasteiger partial charge is 0.219 e. The van der Waals surface area contributed by atoms with Crippen molar-refractivity contribution in [2.45, 2.75) is 12.3 Å². The molecule has 0 spiro atoms. The summed E-state index contributed by atoms with van der Waals surface area (Å²) in [6, 6.07) is 23.7. The Hall–Kier alpha value is -3.86. The first-order valence-corrected chi connectivity index (χ1v) is 10.1. The van der Waals surface area contributed by atoms with Gasteiger partial charge in [-0.05, 0) is 59.5 Å². The van der Waals surface area contributed by atoms with Crippen LogP contribution in [0.4, 0.5) is 0 Å². The summed E-state index contributed by atoms with van der Waals surface area (Å²) < 4.78 is 16.8. The van der Waals surface area contributed by atoms with Gasteiger partial charge in [-0.3, -0.25) is 4.98 Å². The maximum atomic E-state index is 5.85. The predicted molar refractivity (Wildman–Crippen MR) is 120 cm³/mol. The van der Waals surface area contributed by atoms with Gasteiger partial charge in [0.1, 0.15) is 5.75 Å². The SMILES string of the molecule is COc1ccc(C(Cc2ccncc2)c2ccc(Oc3ccccc3)nc2)cc1OC. The number of hydrogen-bond acceptors (Lipinski definition) is 5. The minimum atomic E-state index is 0.0838. The number of nitrogens with zero attached hydrogens (tertiary/aromatic N) is 2. The molecule has 4 rings (SSSR count). The van der Waals surface area contributed by atoms with E-state index in [1.54, 1.807) is 14.2 Å². The average molecular weight is 412 g/mol. The molecule has 5 nitrogen and oxygen atoms in total. The van der Waals surface area contributed by atoms with Crippen LogP contribution in [0.2, 0.25) is 0 Å². The van der Waals surface area contributed by atoms with Crippen molar-refractivity contribution >= 4 is 0 Å². The highest BCUT2D eigenvalue weighted by Crippen LogP contribution is 2.35. The number of pyridine rings is 2. The molecule has 0 fully saturated rings. The molecule has 0 bridgehead atoms. The van der Waals surface area contributed by atoms with E-state index < -0.39 is 0 Å². The van der Waals surface area contributed by atoms with Crippen molar-refractivity contribution in [3.8, 4) is 23.1 Å². The lowest BCUT2D eigenvalue weighted by atomic mass is 9.87. The van der Waals surface area contributed by atoms with Gasteiger partial charge in [0.25, 0.3) is 0 Å². The Bertz CT molecular complexity index is 1100. The minimum Gasteiger partial charge on any atom is -0.493 e. The second kappa shape index (κ2) is 9.76. The van der Waals surface area contributed by atoms with Gasteiger partial charge in [0.05, 0.1) is 14.2 Å². The number of ether oxygens (including phenoxy) is 3. The van der Waals surface area contributed by atoms with Crippen molar-refractivity contribution in [1.82, 2.24) is 9.97 Å². The van der Waals surface area contributed by atoms with E-state index in [-0.39, 0.29) is 5.92 Å². The molecule has 156 valence electrons. The number of methoxy groups -OCH3 is 2. The monoisotopic (exact) mass is 412 g/mol. The highest BCUT2D eigenvalue weighted by atomic mass is 16.5. The topological polar surface area (TPSA) is 53.5 Å². The first kappa shape index (κ1) is 20.4. The van der Waals surface area contributed by atoms with Gasteiger partial charge in [-0.1, -0.05) is 30.3 Å². The molecule has 0 aliphatic carbocycles. The number of para-hydroxylation sites is 1. The standard InChI is InChI=1S/C26H24N2O3/c1-29-24-10-8-20(17-25(24)30-2)23(16-19-12-14-27-15-13-19)21-9-11-26(28-18-21)31-22-6-4-3-5-7-22/h3-15,17-18,23H,16H2,1-2H3. The summed E-state index contributed by atoms with van der Waals surface area (Å²) in [4.78, 5) is 8.68. The molecular weight excluding hydrogens is 388 g/mol. The number of rotatable bonds is 8. The van der Waals surface area contributed by atoms with Gasteiger partial charge in [-0.25, -0.2) is 4.98 Å². The second-order valence-electron chi connectivity index (χ2n) is 7.07. The third-order valence-corrected chi connectivity index (χ3v) is 5.13. The molecule has 0 aliphatic rings. The maximum absolute atomic E-state index is 5.85. The van der Waals surface area contributed by atoms with Gasteiger partial charge in [0.15, 0.2) is 11.5 Å². The van der Waals surface area contributed by atoms with Crippen LogP contribution in [0, 0.1) is 0 Å². The molecule has 2 aromatic heterocycles. The zero-order valence-corrected chi connectivity index (χ0v) is 17.6. The molecule has 2 aromatic carbocycles. The van der Waals surface area contributed by atoms with Gasteiger partial charge in [0.2, 0.25) is 5.88 Å². The summed E-state index contributed by atoms with van der Waals surface area (Å²) in [6.07, 6.45) is 6.31. The summed E-state index contributed by atoms with van der Waals surface area (Å²) in [5.41, 5.74) is 3.40. The molecule has 0 aliphatic heterocycles. The fourth-order valence-electron chi connectivity index (χ4n) is 3.52. The van der Waals surface area contributed by atoms with E-state index in [1.165, 1.54) is 5.56 Å². The summed E-state index contributed by atoms with van der Waals surface area (Å²) in [5.74, 6) is 2.82. The average Bonchev–Trinajstić information content (AvgIpc) is 2.84. The Morgan fingerprint density at radius 2 is 1.52 bits per heavy atom. The molecule has 1 atom stereocenters. The minimum absolute atomic E-state index is 0.0838. The first-order chi connectivity index (χ1) is 15.3. The molecule has 0 saturated heterocycles. The quantitative estimate of drug-likeness (QED) is 0.374.